The molecule has 0 aromatic carbocycles. The van der Waals surface area contributed by atoms with Crippen LogP contribution in [0.2, 0.25) is 0 Å². The Morgan fingerprint density at radius 2 is 0.520 bits per heavy atom. The second-order valence-corrected chi connectivity index (χ2v) is 19.1. The summed E-state index contributed by atoms with van der Waals surface area (Å²) >= 11 is 0. The zero-order valence-corrected chi connectivity index (χ0v) is 48.0. The van der Waals surface area contributed by atoms with E-state index in [1.165, 1.54) is 6.42 Å². The van der Waals surface area contributed by atoms with E-state index in [1.54, 1.807) is 0 Å². The molecule has 0 aliphatic rings. The molecule has 0 bridgehead atoms. The predicted molar refractivity (Wildman–Crippen MR) is 325 cm³/mol. The van der Waals surface area contributed by atoms with E-state index >= 15 is 0 Å². The van der Waals surface area contributed by atoms with Crippen LogP contribution in [-0.2, 0) is 28.6 Å². The van der Waals surface area contributed by atoms with Crippen LogP contribution in [0.3, 0.4) is 0 Å². The van der Waals surface area contributed by atoms with Crippen LogP contribution >= 0.6 is 0 Å². The molecule has 6 heteroatoms. The van der Waals surface area contributed by atoms with E-state index in [4.69, 9.17) is 14.2 Å². The molecule has 0 fully saturated rings. The summed E-state index contributed by atoms with van der Waals surface area (Å²) in [6, 6.07) is 0. The van der Waals surface area contributed by atoms with Gasteiger partial charge in [-0.25, -0.2) is 0 Å². The first-order chi connectivity index (χ1) is 37.0. The van der Waals surface area contributed by atoms with E-state index < -0.39 is 6.10 Å². The number of carbonyl (C=O) groups excluding carboxylic acids is 3. The summed E-state index contributed by atoms with van der Waals surface area (Å²) in [4.78, 5) is 38.2. The summed E-state index contributed by atoms with van der Waals surface area (Å²) in [5, 5.41) is 0. The number of hydrogen-bond acceptors (Lipinski definition) is 6. The second kappa shape index (κ2) is 61.6. The predicted octanol–water partition coefficient (Wildman–Crippen LogP) is 20.5. The Kier molecular flexibility index (Phi) is 57.5. The lowest BCUT2D eigenvalue weighted by atomic mass is 10.1. The van der Waals surface area contributed by atoms with Gasteiger partial charge in [-0.2, -0.15) is 0 Å². The van der Waals surface area contributed by atoms with Gasteiger partial charge in [0, 0.05) is 19.3 Å². The number of hydrogen-bond donors (Lipinski definition) is 0. The molecule has 0 rings (SSSR count). The van der Waals surface area contributed by atoms with Crippen molar-refractivity contribution in [3.8, 4) is 0 Å². The van der Waals surface area contributed by atoms with Gasteiger partial charge < -0.3 is 14.2 Å². The lowest BCUT2D eigenvalue weighted by Gasteiger charge is -2.18. The molecule has 0 saturated heterocycles. The Morgan fingerprint density at radius 3 is 0.813 bits per heavy atom. The normalized spacial score (nSPS) is 13.3. The third-order valence-electron chi connectivity index (χ3n) is 12.0. The van der Waals surface area contributed by atoms with Crippen molar-refractivity contribution < 1.29 is 28.6 Å². The van der Waals surface area contributed by atoms with Crippen molar-refractivity contribution in [1.29, 1.82) is 0 Å². The number of allylic oxidation sites excluding steroid dienone is 26. The average molecular weight is 1030 g/mol. The molecule has 0 aliphatic heterocycles. The fraction of sp³-hybridized carbons (Fsp3) is 0.580. The zero-order chi connectivity index (χ0) is 54.3. The van der Waals surface area contributed by atoms with Crippen molar-refractivity contribution in [3.63, 3.8) is 0 Å². The van der Waals surface area contributed by atoms with Gasteiger partial charge in [-0.15, -0.1) is 0 Å². The van der Waals surface area contributed by atoms with Crippen LogP contribution in [0.4, 0.5) is 0 Å². The SMILES string of the molecule is CC/C=C\C/C=C\C/C=C\C/C=C\C/C=C\C/C=C\C/C=C\CCCCCCCC(=O)OCC(COC(=O)CCCCCCC/C=C\C/C=C\CCC)OC(=O)CCCCCC/C=C\C/C=C\C/C=C\C/C=C\CC. The highest BCUT2D eigenvalue weighted by molar-refractivity contribution is 5.71. The maximum atomic E-state index is 12.9. The number of unbranched alkanes of at least 4 members (excludes halogenated alkanes) is 15. The quantitative estimate of drug-likeness (QED) is 0.0261. The monoisotopic (exact) mass is 1030 g/mol. The molecule has 0 spiro atoms. The summed E-state index contributed by atoms with van der Waals surface area (Å²) < 4.78 is 16.8. The minimum atomic E-state index is -0.814. The molecule has 6 nitrogen and oxygen atoms in total. The first-order valence-electron chi connectivity index (χ1n) is 30.0. The van der Waals surface area contributed by atoms with E-state index in [2.05, 4.69) is 179 Å². The maximum Gasteiger partial charge on any atom is 0.306 e. The fourth-order valence-electron chi connectivity index (χ4n) is 7.57. The van der Waals surface area contributed by atoms with Gasteiger partial charge in [0.25, 0.3) is 0 Å². The second-order valence-electron chi connectivity index (χ2n) is 19.1. The van der Waals surface area contributed by atoms with Gasteiger partial charge in [0.05, 0.1) is 0 Å². The molecular weight excluding hydrogens is 925 g/mol. The minimum absolute atomic E-state index is 0.109. The lowest BCUT2D eigenvalue weighted by molar-refractivity contribution is -0.167. The maximum absolute atomic E-state index is 12.9. The van der Waals surface area contributed by atoms with Crippen molar-refractivity contribution in [3.05, 3.63) is 158 Å². The van der Waals surface area contributed by atoms with Crippen LogP contribution in [0.1, 0.15) is 239 Å². The Balaban J connectivity index is 4.45. The summed E-state index contributed by atoms with van der Waals surface area (Å²) in [6.45, 7) is 6.28. The highest BCUT2D eigenvalue weighted by atomic mass is 16.6. The van der Waals surface area contributed by atoms with Crippen LogP contribution < -0.4 is 0 Å². The molecule has 1 unspecified atom stereocenters. The summed E-state index contributed by atoms with van der Waals surface area (Å²) in [6.07, 6.45) is 89.5. The molecule has 0 amide bonds. The first kappa shape index (κ1) is 70.0. The van der Waals surface area contributed by atoms with Crippen LogP contribution in [0.5, 0.6) is 0 Å². The molecule has 75 heavy (non-hydrogen) atoms. The third-order valence-corrected chi connectivity index (χ3v) is 12.0. The fourth-order valence-corrected chi connectivity index (χ4v) is 7.57. The van der Waals surface area contributed by atoms with Crippen molar-refractivity contribution >= 4 is 17.9 Å². The van der Waals surface area contributed by atoms with Gasteiger partial charge in [0.15, 0.2) is 6.10 Å². The Hall–Kier alpha value is -4.97. The Bertz CT molecular complexity index is 1710. The molecular formula is C69H108O6. The molecule has 0 heterocycles. The van der Waals surface area contributed by atoms with Crippen LogP contribution in [-0.4, -0.2) is 37.2 Å². The molecule has 0 aromatic heterocycles. The molecule has 1 atom stereocenters. The first-order valence-corrected chi connectivity index (χ1v) is 30.0. The highest BCUT2D eigenvalue weighted by Gasteiger charge is 2.19. The van der Waals surface area contributed by atoms with Gasteiger partial charge in [-0.3, -0.25) is 14.4 Å². The Labute approximate surface area is 460 Å². The van der Waals surface area contributed by atoms with Crippen molar-refractivity contribution in [1.82, 2.24) is 0 Å². The third kappa shape index (κ3) is 59.8. The summed E-state index contributed by atoms with van der Waals surface area (Å²) in [7, 11) is 0. The van der Waals surface area contributed by atoms with E-state index in [9.17, 15) is 14.4 Å². The van der Waals surface area contributed by atoms with Gasteiger partial charge >= 0.3 is 17.9 Å². The van der Waals surface area contributed by atoms with Crippen LogP contribution in [0.25, 0.3) is 0 Å². The van der Waals surface area contributed by atoms with E-state index in [1.807, 2.05) is 0 Å². The van der Waals surface area contributed by atoms with Gasteiger partial charge in [0.2, 0.25) is 0 Å². The number of esters is 3. The molecule has 0 saturated carbocycles. The van der Waals surface area contributed by atoms with Crippen molar-refractivity contribution in [2.75, 3.05) is 13.2 Å². The molecule has 0 radical (unpaired) electrons. The van der Waals surface area contributed by atoms with E-state index in [0.29, 0.717) is 12.8 Å². The van der Waals surface area contributed by atoms with Gasteiger partial charge in [-0.1, -0.05) is 237 Å². The van der Waals surface area contributed by atoms with Gasteiger partial charge in [0.1, 0.15) is 13.2 Å². The van der Waals surface area contributed by atoms with Crippen molar-refractivity contribution in [2.45, 2.75) is 245 Å². The topological polar surface area (TPSA) is 78.9 Å². The highest BCUT2D eigenvalue weighted by Crippen LogP contribution is 2.13. The van der Waals surface area contributed by atoms with Crippen LogP contribution in [0, 0.1) is 0 Å². The molecule has 0 aliphatic carbocycles. The van der Waals surface area contributed by atoms with E-state index in [0.717, 1.165) is 193 Å². The average Bonchev–Trinajstić information content (AvgIpc) is 3.41. The molecule has 0 aromatic rings. The van der Waals surface area contributed by atoms with Crippen molar-refractivity contribution in [2.24, 2.45) is 0 Å². The smallest absolute Gasteiger partial charge is 0.306 e. The lowest BCUT2D eigenvalue weighted by Crippen LogP contribution is -2.30. The largest absolute Gasteiger partial charge is 0.462 e. The van der Waals surface area contributed by atoms with Gasteiger partial charge in [-0.05, 0) is 141 Å². The molecule has 420 valence electrons. The molecule has 0 N–H and O–H groups in total. The zero-order valence-electron chi connectivity index (χ0n) is 48.0. The number of ether oxygens (including phenoxy) is 3. The number of carbonyl (C=O) groups is 3. The summed E-state index contributed by atoms with van der Waals surface area (Å²) in [5.74, 6) is -0.972. The minimum Gasteiger partial charge on any atom is -0.462 e. The standard InChI is InChI=1S/C69H108O6/c1-4-7-10-13-16-19-22-25-27-29-30-31-32-33-34-35-36-37-38-40-41-44-47-50-53-56-59-62-68(71)74-65-66(64-73-67(70)61-58-55-52-49-46-43-24-21-18-15-12-9-6-3)75-69(72)63-60-57-54-51-48-45-42-39-28-26-23-20-17-14-11-8-5-2/h7-8,10-12,15-17,19-21,24-28,30-31,33-34,36-37,40-42,45,66H,4-6,9,13-14,18,22-23,29,32,35,38-39,43-44,46-65H2,1-3H3/b10-7-,11-8-,15-12-,19-16-,20-17-,24-21-,27-25-,28-26-,31-30-,34-33-,37-36-,41-40-,45-42-. The van der Waals surface area contributed by atoms with Crippen LogP contribution in [0.15, 0.2) is 158 Å². The summed E-state index contributed by atoms with van der Waals surface area (Å²) in [5.41, 5.74) is 0. The van der Waals surface area contributed by atoms with E-state index in [-0.39, 0.29) is 37.5 Å². The number of rotatable bonds is 52. The Morgan fingerprint density at radius 1 is 0.280 bits per heavy atom.